The van der Waals surface area contributed by atoms with Crippen molar-refractivity contribution in [2.24, 2.45) is 7.05 Å². The molecule has 0 aliphatic heterocycles. The Morgan fingerprint density at radius 2 is 2.04 bits per heavy atom. The minimum Gasteiger partial charge on any atom is -0.465 e. The average molecular weight is 415 g/mol. The van der Waals surface area contributed by atoms with E-state index in [-0.39, 0.29) is 11.5 Å². The van der Waals surface area contributed by atoms with E-state index >= 15 is 0 Å². The summed E-state index contributed by atoms with van der Waals surface area (Å²) in [6.45, 7) is 2.10. The second kappa shape index (κ2) is 8.09. The maximum atomic E-state index is 13.1. The van der Waals surface area contributed by atoms with Crippen LogP contribution in [0, 0.1) is 0 Å². The Hall–Kier alpha value is -2.12. The lowest BCUT2D eigenvalue weighted by molar-refractivity contribution is -0.142. The van der Waals surface area contributed by atoms with Crippen molar-refractivity contribution in [1.82, 2.24) is 9.55 Å². The summed E-state index contributed by atoms with van der Waals surface area (Å²) in [5.41, 5.74) is 1.99. The Balaban J connectivity index is 1.78. The number of nitrogens with zero attached hydrogens (tertiary/aromatic N) is 2. The summed E-state index contributed by atoms with van der Waals surface area (Å²) in [5.74, 6) is -0.321. The number of carbonyl (C=O) groups is 1. The molecular weight excluding hydrogens is 392 g/mol. The van der Waals surface area contributed by atoms with Gasteiger partial charge in [-0.05, 0) is 43.7 Å². The molecule has 2 heterocycles. The van der Waals surface area contributed by atoms with Gasteiger partial charge in [-0.1, -0.05) is 42.1 Å². The molecular formula is C21H22N2O3S2. The van der Waals surface area contributed by atoms with Crippen LogP contribution in [0.5, 0.6) is 0 Å². The second-order valence-electron chi connectivity index (χ2n) is 6.81. The molecule has 0 unspecified atom stereocenters. The number of thiophene rings is 1. The molecule has 7 heteroatoms. The minimum absolute atomic E-state index is 0.0254. The first-order valence-electron chi connectivity index (χ1n) is 9.49. The Labute approximate surface area is 171 Å². The smallest absolute Gasteiger partial charge is 0.324 e. The SMILES string of the molecule is CCOC(=O)[C@@H](Sc1nc2sc3c(c2c(=O)n1C)CCCC3)c1ccccc1. The van der Waals surface area contributed by atoms with Gasteiger partial charge in [-0.2, -0.15) is 0 Å². The van der Waals surface area contributed by atoms with Gasteiger partial charge < -0.3 is 4.74 Å². The summed E-state index contributed by atoms with van der Waals surface area (Å²) in [5, 5.41) is 0.739. The fraction of sp³-hybridized carbons (Fsp3) is 0.381. The van der Waals surface area contributed by atoms with E-state index in [9.17, 15) is 9.59 Å². The third kappa shape index (κ3) is 3.49. The highest BCUT2D eigenvalue weighted by atomic mass is 32.2. The normalized spacial score (nSPS) is 14.6. The quantitative estimate of drug-likeness (QED) is 0.354. The fourth-order valence-electron chi connectivity index (χ4n) is 3.58. The van der Waals surface area contributed by atoms with Crippen molar-refractivity contribution in [2.75, 3.05) is 6.61 Å². The van der Waals surface area contributed by atoms with Gasteiger partial charge in [0.25, 0.3) is 5.56 Å². The zero-order chi connectivity index (χ0) is 19.7. The number of esters is 1. The molecule has 2 aromatic heterocycles. The van der Waals surface area contributed by atoms with Crippen molar-refractivity contribution >= 4 is 39.3 Å². The van der Waals surface area contributed by atoms with Gasteiger partial charge in [-0.3, -0.25) is 14.2 Å². The van der Waals surface area contributed by atoms with Gasteiger partial charge in [0.2, 0.25) is 0 Å². The van der Waals surface area contributed by atoms with Crippen LogP contribution in [-0.2, 0) is 29.4 Å². The number of aryl methyl sites for hydroxylation is 2. The maximum Gasteiger partial charge on any atom is 0.324 e. The molecule has 28 heavy (non-hydrogen) atoms. The van der Waals surface area contributed by atoms with Gasteiger partial charge in [0.1, 0.15) is 10.1 Å². The van der Waals surface area contributed by atoms with Crippen molar-refractivity contribution in [3.8, 4) is 0 Å². The molecule has 5 nitrogen and oxygen atoms in total. The summed E-state index contributed by atoms with van der Waals surface area (Å²) in [7, 11) is 1.73. The molecule has 1 aromatic carbocycles. The second-order valence-corrected chi connectivity index (χ2v) is 8.97. The lowest BCUT2D eigenvalue weighted by Gasteiger charge is -2.16. The molecule has 1 atom stereocenters. The zero-order valence-corrected chi connectivity index (χ0v) is 17.6. The Morgan fingerprint density at radius 3 is 2.79 bits per heavy atom. The molecule has 4 rings (SSSR count). The third-order valence-electron chi connectivity index (χ3n) is 4.98. The van der Waals surface area contributed by atoms with Crippen molar-refractivity contribution in [2.45, 2.75) is 43.0 Å². The summed E-state index contributed by atoms with van der Waals surface area (Å²) >= 11 is 2.90. The van der Waals surface area contributed by atoms with Gasteiger partial charge in [0.15, 0.2) is 5.16 Å². The van der Waals surface area contributed by atoms with E-state index in [0.29, 0.717) is 11.8 Å². The van der Waals surface area contributed by atoms with Gasteiger partial charge in [0.05, 0.1) is 12.0 Å². The van der Waals surface area contributed by atoms with Crippen LogP contribution in [0.15, 0.2) is 40.3 Å². The van der Waals surface area contributed by atoms with Gasteiger partial charge in [-0.25, -0.2) is 4.98 Å². The third-order valence-corrected chi connectivity index (χ3v) is 7.44. The number of benzene rings is 1. The maximum absolute atomic E-state index is 13.1. The first kappa shape index (κ1) is 19.2. The van der Waals surface area contributed by atoms with E-state index in [1.54, 1.807) is 29.9 Å². The molecule has 0 N–H and O–H groups in total. The largest absolute Gasteiger partial charge is 0.465 e. The van der Waals surface area contributed by atoms with Crippen LogP contribution in [0.25, 0.3) is 10.2 Å². The van der Waals surface area contributed by atoms with E-state index in [0.717, 1.165) is 35.0 Å². The molecule has 146 valence electrons. The zero-order valence-electron chi connectivity index (χ0n) is 15.9. The predicted octanol–water partition coefficient (Wildman–Crippen LogP) is 4.27. The molecule has 0 radical (unpaired) electrons. The lowest BCUT2D eigenvalue weighted by Crippen LogP contribution is -2.22. The first-order chi connectivity index (χ1) is 13.6. The summed E-state index contributed by atoms with van der Waals surface area (Å²) in [4.78, 5) is 32.6. The Kier molecular flexibility index (Phi) is 5.55. The van der Waals surface area contributed by atoms with Gasteiger partial charge in [0, 0.05) is 11.9 Å². The summed E-state index contributed by atoms with van der Waals surface area (Å²) in [6.07, 6.45) is 4.27. The molecule has 1 aliphatic carbocycles. The van der Waals surface area contributed by atoms with Crippen molar-refractivity contribution in [1.29, 1.82) is 0 Å². The number of fused-ring (bicyclic) bond motifs is 3. The Morgan fingerprint density at radius 1 is 1.29 bits per heavy atom. The minimum atomic E-state index is -0.564. The number of aromatic nitrogens is 2. The van der Waals surface area contributed by atoms with Crippen molar-refractivity contribution in [3.05, 3.63) is 56.7 Å². The van der Waals surface area contributed by atoms with E-state index in [1.165, 1.54) is 28.6 Å². The van der Waals surface area contributed by atoms with E-state index in [4.69, 9.17) is 9.72 Å². The van der Waals surface area contributed by atoms with Gasteiger partial charge in [-0.15, -0.1) is 11.3 Å². The lowest BCUT2D eigenvalue weighted by atomic mass is 9.97. The highest BCUT2D eigenvalue weighted by Gasteiger charge is 2.27. The molecule has 0 saturated heterocycles. The predicted molar refractivity (Wildman–Crippen MR) is 113 cm³/mol. The van der Waals surface area contributed by atoms with Crippen LogP contribution in [0.2, 0.25) is 0 Å². The highest BCUT2D eigenvalue weighted by molar-refractivity contribution is 8.00. The number of hydrogen-bond donors (Lipinski definition) is 0. The molecule has 0 amide bonds. The van der Waals surface area contributed by atoms with Crippen LogP contribution in [0.1, 0.15) is 41.0 Å². The van der Waals surface area contributed by atoms with E-state index < -0.39 is 5.25 Å². The number of thioether (sulfide) groups is 1. The van der Waals surface area contributed by atoms with Crippen LogP contribution >= 0.6 is 23.1 Å². The number of hydrogen-bond acceptors (Lipinski definition) is 6. The highest BCUT2D eigenvalue weighted by Crippen LogP contribution is 2.38. The summed E-state index contributed by atoms with van der Waals surface area (Å²) < 4.78 is 6.86. The van der Waals surface area contributed by atoms with Gasteiger partial charge >= 0.3 is 5.97 Å². The molecule has 0 fully saturated rings. The average Bonchev–Trinajstić information content (AvgIpc) is 3.08. The van der Waals surface area contributed by atoms with Crippen LogP contribution in [-0.4, -0.2) is 22.1 Å². The number of rotatable bonds is 5. The van der Waals surface area contributed by atoms with Crippen molar-refractivity contribution in [3.63, 3.8) is 0 Å². The Bertz CT molecular complexity index is 1070. The molecule has 1 aliphatic rings. The molecule has 0 spiro atoms. The number of carbonyl (C=O) groups excluding carboxylic acids is 1. The van der Waals surface area contributed by atoms with E-state index in [1.807, 2.05) is 30.3 Å². The molecule has 0 saturated carbocycles. The molecule has 3 aromatic rings. The first-order valence-corrected chi connectivity index (χ1v) is 11.2. The standard InChI is InChI=1S/C21H22N2O3S2/c1-3-26-20(25)17(13-9-5-4-6-10-13)28-21-22-18-16(19(24)23(21)2)14-11-7-8-12-15(14)27-18/h4-6,9-10,17H,3,7-8,11-12H2,1-2H3/t17-/m0/s1. The number of ether oxygens (including phenoxy) is 1. The van der Waals surface area contributed by atoms with Crippen LogP contribution < -0.4 is 5.56 Å². The topological polar surface area (TPSA) is 61.2 Å². The fourth-order valence-corrected chi connectivity index (χ4v) is 5.94. The van der Waals surface area contributed by atoms with E-state index in [2.05, 4.69) is 0 Å². The van der Waals surface area contributed by atoms with Crippen molar-refractivity contribution < 1.29 is 9.53 Å². The van der Waals surface area contributed by atoms with Crippen LogP contribution in [0.3, 0.4) is 0 Å². The summed E-state index contributed by atoms with van der Waals surface area (Å²) in [6, 6.07) is 9.49. The molecule has 0 bridgehead atoms. The van der Waals surface area contributed by atoms with Crippen LogP contribution in [0.4, 0.5) is 0 Å². The monoisotopic (exact) mass is 414 g/mol.